The average molecular weight is 1380 g/mol. The zero-order valence-corrected chi connectivity index (χ0v) is 55.4. The van der Waals surface area contributed by atoms with Gasteiger partial charge < -0.3 is 125 Å². The van der Waals surface area contributed by atoms with Gasteiger partial charge >= 0.3 is 5.97 Å². The number of phenols is 2. The molecule has 0 saturated carbocycles. The van der Waals surface area contributed by atoms with E-state index >= 15 is 0 Å². The van der Waals surface area contributed by atoms with Crippen molar-refractivity contribution in [1.82, 2.24) is 58.5 Å². The molecule has 0 aliphatic carbocycles. The summed E-state index contributed by atoms with van der Waals surface area (Å²) in [6.45, 7) is -0.131. The van der Waals surface area contributed by atoms with Crippen molar-refractivity contribution in [2.45, 2.75) is 189 Å². The van der Waals surface area contributed by atoms with E-state index in [0.29, 0.717) is 56.2 Å². The lowest BCUT2D eigenvalue weighted by Gasteiger charge is -2.28. The molecule has 548 valence electrons. The number of guanidine groups is 2. The average Bonchev–Trinajstić information content (AvgIpc) is 0.925. The third kappa shape index (κ3) is 34.4. The van der Waals surface area contributed by atoms with Crippen LogP contribution in [0.15, 0.2) is 48.5 Å². The van der Waals surface area contributed by atoms with Crippen molar-refractivity contribution < 1.29 is 73.2 Å². The number of aliphatic hydroxyl groups excluding tert-OH is 1. The number of unbranched alkanes of at least 4 members (excludes halogenated alkanes) is 4. The first-order valence-electron chi connectivity index (χ1n) is 32.8. The zero-order valence-electron chi connectivity index (χ0n) is 55.4. The molecule has 0 saturated heterocycles. The number of amides is 10. The quantitative estimate of drug-likeness (QED) is 0.0167. The van der Waals surface area contributed by atoms with Gasteiger partial charge in [-0.05, 0) is 164 Å². The van der Waals surface area contributed by atoms with Crippen LogP contribution in [-0.4, -0.2) is 204 Å². The van der Waals surface area contributed by atoms with Crippen LogP contribution in [0.1, 0.15) is 127 Å². The Labute approximate surface area is 569 Å². The molecule has 0 aliphatic rings. The number of nitrogens with one attached hydrogen (secondary N) is 13. The van der Waals surface area contributed by atoms with Crippen molar-refractivity contribution >= 4 is 77.0 Å². The molecule has 0 aromatic heterocycles. The molecule has 36 heteroatoms. The molecule has 33 N–H and O–H groups in total. The Balaban J connectivity index is 2.59. The third-order valence-corrected chi connectivity index (χ3v) is 15.4. The number of carbonyl (C=O) groups is 11. The van der Waals surface area contributed by atoms with Crippen molar-refractivity contribution in [2.75, 3.05) is 45.9 Å². The summed E-state index contributed by atoms with van der Waals surface area (Å²) in [5.74, 6) is -11.8. The number of aliphatic carboxylic acids is 1. The molecule has 0 heterocycles. The van der Waals surface area contributed by atoms with Crippen molar-refractivity contribution in [2.24, 2.45) is 45.9 Å². The smallest absolute Gasteiger partial charge is 0.326 e. The Bertz CT molecular complexity index is 2880. The van der Waals surface area contributed by atoms with Crippen LogP contribution in [0.2, 0.25) is 0 Å². The van der Waals surface area contributed by atoms with Crippen LogP contribution in [0, 0.1) is 10.8 Å². The molecule has 10 amide bonds. The maximum absolute atomic E-state index is 14.6. The van der Waals surface area contributed by atoms with Gasteiger partial charge in [-0.1, -0.05) is 30.7 Å². The first-order chi connectivity index (χ1) is 46.7. The summed E-state index contributed by atoms with van der Waals surface area (Å²) in [5, 5.41) is 83.6. The Hall–Kier alpha value is -9.49. The van der Waals surface area contributed by atoms with E-state index in [1.807, 2.05) is 0 Å². The van der Waals surface area contributed by atoms with Crippen LogP contribution < -0.4 is 104 Å². The summed E-state index contributed by atoms with van der Waals surface area (Å²) < 4.78 is 0. The predicted molar refractivity (Wildman–Crippen MR) is 362 cm³/mol. The van der Waals surface area contributed by atoms with Gasteiger partial charge in [0.05, 0.1) is 12.6 Å². The number of benzene rings is 2. The molecule has 36 nitrogen and oxygen atoms in total. The SMILES string of the molecule is N=C(N)NCCC[C@H](NC(=O)[C@H](CCCNC(=N)N)NC(=O)[C@H](CCCCN)NC(=O)[C@H](CCC(N)=O)NC(=O)[C@H](CCCCN)NC(=O)[C@H](Cc1ccc(O)cc1)NC(=O)[C@@H](N)CCCCN)C(=O)N[C@@H](CO)C(=O)N[C@@H](Cc1ccc(O)cc1)C(=O)N[C@@H](CCCCN)C(=O)O. The maximum atomic E-state index is 14.6. The lowest BCUT2D eigenvalue weighted by Crippen LogP contribution is -2.61. The van der Waals surface area contributed by atoms with Gasteiger partial charge in [-0.3, -0.25) is 58.8 Å². The minimum Gasteiger partial charge on any atom is -0.508 e. The van der Waals surface area contributed by atoms with Gasteiger partial charge in [0.25, 0.3) is 0 Å². The van der Waals surface area contributed by atoms with Crippen molar-refractivity contribution in [3.8, 4) is 11.5 Å². The zero-order chi connectivity index (χ0) is 73.1. The number of carboxylic acid groups (broad SMARTS) is 1. The summed E-state index contributed by atoms with van der Waals surface area (Å²) in [5.41, 5.74) is 46.4. The fourth-order valence-corrected chi connectivity index (χ4v) is 9.87. The first kappa shape index (κ1) is 84.6. The van der Waals surface area contributed by atoms with E-state index in [-0.39, 0.29) is 121 Å². The Morgan fingerprint density at radius 1 is 0.367 bits per heavy atom. The summed E-state index contributed by atoms with van der Waals surface area (Å²) in [7, 11) is 0. The van der Waals surface area contributed by atoms with Crippen LogP contribution in [0.3, 0.4) is 0 Å². The fourth-order valence-electron chi connectivity index (χ4n) is 9.87. The van der Waals surface area contributed by atoms with Gasteiger partial charge in [-0.25, -0.2) is 4.79 Å². The predicted octanol–water partition coefficient (Wildman–Crippen LogP) is -6.04. The van der Waals surface area contributed by atoms with Gasteiger partial charge in [-0.15, -0.1) is 0 Å². The number of hydrogen-bond acceptors (Lipinski definition) is 21. The molecule has 0 bridgehead atoms. The molecule has 0 unspecified atom stereocenters. The highest BCUT2D eigenvalue weighted by Crippen LogP contribution is 2.16. The van der Waals surface area contributed by atoms with E-state index in [0.717, 1.165) is 0 Å². The van der Waals surface area contributed by atoms with Crippen LogP contribution in [0.5, 0.6) is 11.5 Å². The van der Waals surface area contributed by atoms with Crippen LogP contribution in [-0.2, 0) is 65.6 Å². The fraction of sp³-hybridized carbons (Fsp3) is 0.597. The molecular weight excluding hydrogens is 1280 g/mol. The highest BCUT2D eigenvalue weighted by Gasteiger charge is 2.36. The topological polar surface area (TPSA) is 657 Å². The van der Waals surface area contributed by atoms with Gasteiger partial charge in [0.15, 0.2) is 11.9 Å². The van der Waals surface area contributed by atoms with Crippen LogP contribution in [0.4, 0.5) is 0 Å². The van der Waals surface area contributed by atoms with Crippen molar-refractivity contribution in [3.63, 3.8) is 0 Å². The second-order valence-electron chi connectivity index (χ2n) is 23.5. The summed E-state index contributed by atoms with van der Waals surface area (Å²) in [6.07, 6.45) is 1.50. The number of rotatable bonds is 51. The molecule has 10 atom stereocenters. The molecule has 2 rings (SSSR count). The number of aliphatic hydroxyl groups is 1. The second kappa shape index (κ2) is 47.4. The number of carboxylic acids is 1. The minimum absolute atomic E-state index is 0.00961. The Morgan fingerprint density at radius 3 is 0.969 bits per heavy atom. The largest absolute Gasteiger partial charge is 0.508 e. The standard InChI is InChI=1S/C62H105N21O15/c63-27-5-1-11-40(67)51(88)81-47(33-36-17-21-38(85)22-18-36)57(94)78-42(13-3-7-29-65)53(90)79-45(25-26-50(68)87)56(93)75-41(12-2-6-28-64)52(89)76-43(15-9-31-73-61(69)70)54(91)77-44(16-10-32-74-62(71)72)55(92)83-49(35-84)59(96)82-48(34-37-19-23-39(86)24-20-37)58(95)80-46(60(97)98)14-4-8-30-66/h17-24,40-49,84-86H,1-16,25-35,63-67H2,(H2,68,87)(H,75,93)(H,76,89)(H,77,91)(H,78,94)(H,79,90)(H,80,95)(H,81,88)(H,82,96)(H,83,92)(H,97,98)(H4,69,70,73)(H4,71,72,74)/t40-,41-,42-,43-,44-,45-,46-,47-,48-,49-/m0/s1. The number of carbonyl (C=O) groups excluding carboxylic acids is 10. The summed E-state index contributed by atoms with van der Waals surface area (Å²) >= 11 is 0. The monoisotopic (exact) mass is 1380 g/mol. The highest BCUT2D eigenvalue weighted by molar-refractivity contribution is 5.99. The van der Waals surface area contributed by atoms with Crippen molar-refractivity contribution in [1.29, 1.82) is 10.8 Å². The number of hydrogen-bond donors (Lipinski definition) is 25. The van der Waals surface area contributed by atoms with Crippen LogP contribution >= 0.6 is 0 Å². The number of nitrogens with two attached hydrogens (primary N) is 8. The molecule has 98 heavy (non-hydrogen) atoms. The minimum atomic E-state index is -1.83. The van der Waals surface area contributed by atoms with Crippen LogP contribution in [0.25, 0.3) is 0 Å². The molecule has 0 aliphatic heterocycles. The molecule has 0 radical (unpaired) electrons. The summed E-state index contributed by atoms with van der Waals surface area (Å²) in [6, 6.07) is -3.42. The maximum Gasteiger partial charge on any atom is 0.326 e. The van der Waals surface area contributed by atoms with E-state index in [2.05, 4.69) is 58.5 Å². The molecule has 2 aromatic rings. The molecule has 0 fully saturated rings. The Morgan fingerprint density at radius 2 is 0.643 bits per heavy atom. The Kier molecular flexibility index (Phi) is 40.9. The van der Waals surface area contributed by atoms with Gasteiger partial charge in [0.2, 0.25) is 59.1 Å². The molecular formula is C62H105N21O15. The van der Waals surface area contributed by atoms with E-state index in [4.69, 9.17) is 56.7 Å². The van der Waals surface area contributed by atoms with E-state index < -0.39 is 157 Å². The molecule has 2 aromatic carbocycles. The normalized spacial score (nSPS) is 14.1. The first-order valence-corrected chi connectivity index (χ1v) is 32.8. The second-order valence-corrected chi connectivity index (χ2v) is 23.5. The number of primary amides is 1. The molecule has 0 spiro atoms. The highest BCUT2D eigenvalue weighted by atomic mass is 16.4. The van der Waals surface area contributed by atoms with Crippen molar-refractivity contribution in [3.05, 3.63) is 59.7 Å². The van der Waals surface area contributed by atoms with E-state index in [1.165, 1.54) is 48.5 Å². The van der Waals surface area contributed by atoms with E-state index in [1.54, 1.807) is 0 Å². The lowest BCUT2D eigenvalue weighted by molar-refractivity contribution is -0.142. The number of aromatic hydroxyl groups is 2. The summed E-state index contributed by atoms with van der Waals surface area (Å²) in [4.78, 5) is 152. The third-order valence-electron chi connectivity index (χ3n) is 15.4. The lowest BCUT2D eigenvalue weighted by atomic mass is 10.0. The number of phenolic OH excluding ortho intramolecular Hbond substituents is 2. The van der Waals surface area contributed by atoms with E-state index in [9.17, 15) is 73.2 Å². The van der Waals surface area contributed by atoms with Gasteiger partial charge in [-0.2, -0.15) is 0 Å². The van der Waals surface area contributed by atoms with Gasteiger partial charge in [0.1, 0.15) is 65.9 Å². The van der Waals surface area contributed by atoms with Gasteiger partial charge in [0, 0.05) is 32.4 Å².